The van der Waals surface area contributed by atoms with Crippen LogP contribution in [0.5, 0.6) is 0 Å². The lowest BCUT2D eigenvalue weighted by atomic mass is 10.0. The molecule has 8 aromatic rings. The number of fused-ring (bicyclic) bond motifs is 8. The van der Waals surface area contributed by atoms with E-state index in [2.05, 4.69) is 92.7 Å². The topological polar surface area (TPSA) is 102 Å². The van der Waals surface area contributed by atoms with Crippen LogP contribution in [0.25, 0.3) is 22.3 Å². The molecule has 0 saturated heterocycles. The number of rotatable bonds is 4. The molecule has 228 valence electrons. The number of aromatic nitrogens is 7. The lowest BCUT2D eigenvalue weighted by Gasteiger charge is -2.09. The first-order valence-electron chi connectivity index (χ1n) is 15.9. The van der Waals surface area contributed by atoms with Crippen LogP contribution in [0.3, 0.4) is 0 Å². The Hall–Kier alpha value is -6.73. The van der Waals surface area contributed by atoms with Crippen LogP contribution in [0.4, 0.5) is 0 Å². The molecule has 0 atom stereocenters. The van der Waals surface area contributed by atoms with E-state index in [9.17, 15) is 0 Å². The fourth-order valence-corrected chi connectivity index (χ4v) is 6.60. The number of aromatic amines is 4. The van der Waals surface area contributed by atoms with Crippen LogP contribution in [-0.4, -0.2) is 34.9 Å². The SMILES string of the molecule is c1ccc(C2=c3ccc([nH]3)=C(c3ccccn3)c3ccc([nH]3)C(c3ccccn3)=c3ccc([nH]3)=C(c3ccccn3)c3ccc2[nH]3)cc1. The molecule has 7 nitrogen and oxygen atoms in total. The summed E-state index contributed by atoms with van der Waals surface area (Å²) >= 11 is 0. The van der Waals surface area contributed by atoms with Gasteiger partial charge in [-0.1, -0.05) is 48.5 Å². The van der Waals surface area contributed by atoms with Gasteiger partial charge >= 0.3 is 0 Å². The van der Waals surface area contributed by atoms with E-state index < -0.39 is 0 Å². The van der Waals surface area contributed by atoms with Gasteiger partial charge in [0.1, 0.15) is 0 Å². The Morgan fingerprint density at radius 3 is 1.02 bits per heavy atom. The monoisotopic (exact) mass is 619 g/mol. The molecule has 48 heavy (non-hydrogen) atoms. The summed E-state index contributed by atoms with van der Waals surface area (Å²) in [5.74, 6) is 0. The average Bonchev–Trinajstić information content (AvgIpc) is 3.98. The van der Waals surface area contributed by atoms with Gasteiger partial charge in [0.15, 0.2) is 0 Å². The number of hydrogen-bond acceptors (Lipinski definition) is 3. The van der Waals surface area contributed by atoms with Crippen LogP contribution in [0, 0.1) is 0 Å². The van der Waals surface area contributed by atoms with Crippen LogP contribution in [0.15, 0.2) is 152 Å². The van der Waals surface area contributed by atoms with Crippen LogP contribution < -0.4 is 21.4 Å². The number of nitrogens with one attached hydrogen (secondary N) is 4. The second-order valence-corrected chi connectivity index (χ2v) is 11.7. The smallest absolute Gasteiger partial charge is 0.0743 e. The number of pyridine rings is 3. The lowest BCUT2D eigenvalue weighted by molar-refractivity contribution is 1.15. The number of hydrogen-bond donors (Lipinski definition) is 4. The first kappa shape index (κ1) is 27.6. The molecule has 0 spiro atoms. The molecular formula is C41H29N7. The number of nitrogens with zero attached hydrogens (tertiary/aromatic N) is 3. The molecule has 4 N–H and O–H groups in total. The summed E-state index contributed by atoms with van der Waals surface area (Å²) in [5, 5.41) is 3.81. The van der Waals surface area contributed by atoms with E-state index in [1.807, 2.05) is 79.3 Å². The maximum Gasteiger partial charge on any atom is 0.0743 e. The summed E-state index contributed by atoms with van der Waals surface area (Å²) in [6.45, 7) is 0. The fourth-order valence-electron chi connectivity index (χ4n) is 6.60. The highest BCUT2D eigenvalue weighted by Gasteiger charge is 2.19. The van der Waals surface area contributed by atoms with Gasteiger partial charge in [0, 0.05) is 51.9 Å². The summed E-state index contributed by atoms with van der Waals surface area (Å²) in [4.78, 5) is 29.4. The van der Waals surface area contributed by atoms with Crippen LogP contribution >= 0.6 is 0 Å². The van der Waals surface area contributed by atoms with Gasteiger partial charge in [0.05, 0.1) is 50.2 Å². The highest BCUT2D eigenvalue weighted by Crippen LogP contribution is 2.26. The van der Waals surface area contributed by atoms with E-state index in [1.165, 1.54) is 0 Å². The highest BCUT2D eigenvalue weighted by molar-refractivity contribution is 5.83. The zero-order chi connectivity index (χ0) is 31.9. The zero-order valence-corrected chi connectivity index (χ0v) is 25.8. The van der Waals surface area contributed by atoms with Gasteiger partial charge in [0.25, 0.3) is 0 Å². The van der Waals surface area contributed by atoms with E-state index in [1.54, 1.807) is 0 Å². The van der Waals surface area contributed by atoms with Gasteiger partial charge in [-0.3, -0.25) is 15.0 Å². The van der Waals surface area contributed by atoms with E-state index in [4.69, 9.17) is 15.0 Å². The first-order valence-corrected chi connectivity index (χ1v) is 15.9. The quantitative estimate of drug-likeness (QED) is 0.234. The van der Waals surface area contributed by atoms with E-state index in [-0.39, 0.29) is 0 Å². The molecule has 0 radical (unpaired) electrons. The minimum Gasteiger partial charge on any atom is -0.354 e. The van der Waals surface area contributed by atoms with Gasteiger partial charge in [-0.2, -0.15) is 0 Å². The third kappa shape index (κ3) is 4.82. The Bertz CT molecular complexity index is 2280. The molecule has 8 bridgehead atoms. The van der Waals surface area contributed by atoms with Crippen molar-refractivity contribution in [2.45, 2.75) is 0 Å². The molecule has 1 aliphatic rings. The van der Waals surface area contributed by atoms with E-state index in [0.29, 0.717) is 0 Å². The van der Waals surface area contributed by atoms with Crippen molar-refractivity contribution in [3.63, 3.8) is 0 Å². The second-order valence-electron chi connectivity index (χ2n) is 11.7. The molecule has 0 unspecified atom stereocenters. The fraction of sp³-hybridized carbons (Fsp3) is 0. The Labute approximate surface area is 275 Å². The van der Waals surface area contributed by atoms with E-state index in [0.717, 1.165) is 89.1 Å². The normalized spacial score (nSPS) is 12.8. The zero-order valence-electron chi connectivity index (χ0n) is 25.8. The van der Waals surface area contributed by atoms with Crippen molar-refractivity contribution in [3.05, 3.63) is 219 Å². The summed E-state index contributed by atoms with van der Waals surface area (Å²) in [5.41, 5.74) is 11.4. The Morgan fingerprint density at radius 1 is 0.292 bits per heavy atom. The second kappa shape index (κ2) is 11.6. The maximum absolute atomic E-state index is 4.79. The predicted molar refractivity (Wildman–Crippen MR) is 187 cm³/mol. The molecule has 0 saturated carbocycles. The highest BCUT2D eigenvalue weighted by atomic mass is 14.8. The Kier molecular flexibility index (Phi) is 6.64. The van der Waals surface area contributed by atoms with Crippen molar-refractivity contribution in [3.8, 4) is 0 Å². The first-order chi connectivity index (χ1) is 23.8. The number of benzene rings is 1. The number of H-pyrrole nitrogens is 4. The summed E-state index contributed by atoms with van der Waals surface area (Å²) < 4.78 is 0. The largest absolute Gasteiger partial charge is 0.354 e. The van der Waals surface area contributed by atoms with Crippen LogP contribution in [0.2, 0.25) is 0 Å². The molecule has 0 amide bonds. The van der Waals surface area contributed by atoms with Crippen LogP contribution in [0.1, 0.15) is 45.4 Å². The molecule has 0 aliphatic carbocycles. The minimum absolute atomic E-state index is 0.852. The minimum atomic E-state index is 0.852. The predicted octanol–water partition coefficient (Wildman–Crippen LogP) is 4.49. The van der Waals surface area contributed by atoms with Crippen molar-refractivity contribution in [2.75, 3.05) is 0 Å². The third-order valence-corrected chi connectivity index (χ3v) is 8.72. The Balaban J connectivity index is 1.44. The molecule has 7 heteroatoms. The van der Waals surface area contributed by atoms with Crippen LogP contribution in [-0.2, 0) is 0 Å². The molecule has 8 heterocycles. The molecule has 1 aromatic carbocycles. The molecular weight excluding hydrogens is 591 g/mol. The molecule has 1 aliphatic heterocycles. The van der Waals surface area contributed by atoms with Gasteiger partial charge in [-0.05, 0) is 90.5 Å². The van der Waals surface area contributed by atoms with Crippen molar-refractivity contribution >= 4 is 22.3 Å². The van der Waals surface area contributed by atoms with Gasteiger partial charge < -0.3 is 19.9 Å². The molecule has 7 aromatic heterocycles. The maximum atomic E-state index is 4.79. The van der Waals surface area contributed by atoms with Crippen molar-refractivity contribution in [1.29, 1.82) is 0 Å². The van der Waals surface area contributed by atoms with Crippen molar-refractivity contribution < 1.29 is 0 Å². The standard InChI is InChI=1S/C41H29N7/c1-2-10-26(11-3-1)38-30-15-17-32(45-30)39(27-12-4-7-23-42-27)34-19-21-36(47-34)41(29-14-6-9-25-44-29)37-22-20-35(48-37)40(28-13-5-8-24-43-28)33-18-16-31(38)46-33/h1-25,45-48H. The van der Waals surface area contributed by atoms with Gasteiger partial charge in [0.2, 0.25) is 0 Å². The molecule has 9 rings (SSSR count). The third-order valence-electron chi connectivity index (χ3n) is 8.72. The summed E-state index contributed by atoms with van der Waals surface area (Å²) in [7, 11) is 0. The van der Waals surface area contributed by atoms with Crippen molar-refractivity contribution in [1.82, 2.24) is 34.9 Å². The summed E-state index contributed by atoms with van der Waals surface area (Å²) in [6, 6.07) is 45.5. The summed E-state index contributed by atoms with van der Waals surface area (Å²) in [6.07, 6.45) is 5.49. The molecule has 0 fully saturated rings. The van der Waals surface area contributed by atoms with E-state index >= 15 is 0 Å². The van der Waals surface area contributed by atoms with Gasteiger partial charge in [-0.25, -0.2) is 0 Å². The van der Waals surface area contributed by atoms with Crippen molar-refractivity contribution in [2.24, 2.45) is 0 Å². The Morgan fingerprint density at radius 2 is 0.646 bits per heavy atom. The average molecular weight is 620 g/mol. The van der Waals surface area contributed by atoms with Gasteiger partial charge in [-0.15, -0.1) is 0 Å². The lowest BCUT2D eigenvalue weighted by Crippen LogP contribution is -2.19.